The number of anilines is 1. The van der Waals surface area contributed by atoms with Crippen LogP contribution in [0.25, 0.3) is 0 Å². The molecule has 21 heavy (non-hydrogen) atoms. The second-order valence-corrected chi connectivity index (χ2v) is 7.76. The first kappa shape index (κ1) is 17.5. The van der Waals surface area contributed by atoms with E-state index >= 15 is 0 Å². The van der Waals surface area contributed by atoms with Crippen LogP contribution in [0, 0.1) is 5.41 Å². The molecule has 0 aliphatic rings. The lowest BCUT2D eigenvalue weighted by Crippen LogP contribution is -2.36. The Hall–Kier alpha value is -1.60. The number of nitrogen functional groups attached to an aromatic ring is 1. The third-order valence-corrected chi connectivity index (χ3v) is 4.17. The van der Waals surface area contributed by atoms with Gasteiger partial charge in [0, 0.05) is 19.5 Å². The van der Waals surface area contributed by atoms with Gasteiger partial charge in [-0.3, -0.25) is 4.79 Å². The molecule has 0 unspecified atom stereocenters. The zero-order valence-electron chi connectivity index (χ0n) is 12.6. The van der Waals surface area contributed by atoms with Crippen LogP contribution in [-0.2, 0) is 14.8 Å². The molecule has 118 valence electrons. The highest BCUT2D eigenvalue weighted by molar-refractivity contribution is 7.89. The molecule has 0 atom stereocenters. The van der Waals surface area contributed by atoms with Crippen molar-refractivity contribution in [1.82, 2.24) is 10.0 Å². The number of para-hydroxylation sites is 1. The van der Waals surface area contributed by atoms with E-state index in [-0.39, 0.29) is 35.0 Å². The number of hydrogen-bond acceptors (Lipinski definition) is 4. The second kappa shape index (κ2) is 6.91. The van der Waals surface area contributed by atoms with Crippen molar-refractivity contribution < 1.29 is 13.2 Å². The van der Waals surface area contributed by atoms with Gasteiger partial charge in [-0.05, 0) is 17.5 Å². The summed E-state index contributed by atoms with van der Waals surface area (Å²) >= 11 is 0. The van der Waals surface area contributed by atoms with Crippen LogP contribution >= 0.6 is 0 Å². The Kier molecular flexibility index (Phi) is 5.74. The van der Waals surface area contributed by atoms with E-state index in [4.69, 9.17) is 5.73 Å². The van der Waals surface area contributed by atoms with Gasteiger partial charge in [-0.25, -0.2) is 13.1 Å². The van der Waals surface area contributed by atoms with Crippen molar-refractivity contribution in [2.24, 2.45) is 5.41 Å². The maximum absolute atomic E-state index is 12.0. The smallest absolute Gasteiger partial charge is 0.242 e. The minimum Gasteiger partial charge on any atom is -0.398 e. The van der Waals surface area contributed by atoms with E-state index in [1.54, 1.807) is 12.1 Å². The van der Waals surface area contributed by atoms with Gasteiger partial charge in [0.25, 0.3) is 0 Å². The van der Waals surface area contributed by atoms with Crippen LogP contribution in [0.3, 0.4) is 0 Å². The van der Waals surface area contributed by atoms with Crippen LogP contribution in [0.15, 0.2) is 29.2 Å². The van der Waals surface area contributed by atoms with Crippen molar-refractivity contribution in [3.05, 3.63) is 24.3 Å². The quantitative estimate of drug-likeness (QED) is 0.540. The zero-order valence-corrected chi connectivity index (χ0v) is 13.5. The summed E-state index contributed by atoms with van der Waals surface area (Å²) in [6.45, 7) is 6.25. The predicted octanol–water partition coefficient (Wildman–Crippen LogP) is 1.10. The molecule has 0 saturated carbocycles. The highest BCUT2D eigenvalue weighted by atomic mass is 32.2. The Labute approximate surface area is 126 Å². The van der Waals surface area contributed by atoms with Gasteiger partial charge in [0.1, 0.15) is 4.90 Å². The van der Waals surface area contributed by atoms with Gasteiger partial charge >= 0.3 is 0 Å². The molecule has 0 fully saturated rings. The van der Waals surface area contributed by atoms with Crippen LogP contribution in [0.1, 0.15) is 27.2 Å². The molecule has 0 aromatic heterocycles. The van der Waals surface area contributed by atoms with Gasteiger partial charge < -0.3 is 11.1 Å². The average molecular weight is 313 g/mol. The number of carbonyl (C=O) groups is 1. The summed E-state index contributed by atoms with van der Waals surface area (Å²) in [5.74, 6) is -0.0964. The van der Waals surface area contributed by atoms with E-state index in [0.717, 1.165) is 0 Å². The van der Waals surface area contributed by atoms with Gasteiger partial charge in [0.05, 0.1) is 5.69 Å². The van der Waals surface area contributed by atoms with Crippen molar-refractivity contribution >= 4 is 21.6 Å². The first-order valence-corrected chi connectivity index (χ1v) is 8.21. The molecule has 0 bridgehead atoms. The molecular weight excluding hydrogens is 290 g/mol. The van der Waals surface area contributed by atoms with E-state index in [9.17, 15) is 13.2 Å². The van der Waals surface area contributed by atoms with Gasteiger partial charge in [0.2, 0.25) is 15.9 Å². The molecule has 0 heterocycles. The summed E-state index contributed by atoms with van der Waals surface area (Å²) in [7, 11) is -3.65. The highest BCUT2D eigenvalue weighted by Gasteiger charge is 2.17. The van der Waals surface area contributed by atoms with Crippen molar-refractivity contribution in [2.75, 3.05) is 18.8 Å². The highest BCUT2D eigenvalue weighted by Crippen LogP contribution is 2.18. The fourth-order valence-corrected chi connectivity index (χ4v) is 2.90. The zero-order chi connectivity index (χ0) is 16.1. The monoisotopic (exact) mass is 313 g/mol. The minimum atomic E-state index is -3.65. The number of sulfonamides is 1. The molecule has 1 rings (SSSR count). The summed E-state index contributed by atoms with van der Waals surface area (Å²) in [5, 5.41) is 2.68. The number of rotatable bonds is 6. The maximum atomic E-state index is 12.0. The summed E-state index contributed by atoms with van der Waals surface area (Å²) in [4.78, 5) is 11.6. The second-order valence-electron chi connectivity index (χ2n) is 6.02. The van der Waals surface area contributed by atoms with Crippen molar-refractivity contribution in [3.63, 3.8) is 0 Å². The van der Waals surface area contributed by atoms with Crippen molar-refractivity contribution in [1.29, 1.82) is 0 Å². The molecular formula is C14H23N3O3S. The summed E-state index contributed by atoms with van der Waals surface area (Å²) in [6, 6.07) is 6.24. The molecule has 0 saturated heterocycles. The van der Waals surface area contributed by atoms with E-state index in [1.807, 2.05) is 20.8 Å². The minimum absolute atomic E-state index is 0.0472. The van der Waals surface area contributed by atoms with Crippen LogP contribution in [-0.4, -0.2) is 27.4 Å². The van der Waals surface area contributed by atoms with Crippen LogP contribution in [0.5, 0.6) is 0 Å². The van der Waals surface area contributed by atoms with E-state index in [1.165, 1.54) is 12.1 Å². The van der Waals surface area contributed by atoms with E-state index < -0.39 is 10.0 Å². The Morgan fingerprint density at radius 3 is 2.38 bits per heavy atom. The van der Waals surface area contributed by atoms with Gasteiger partial charge in [0.15, 0.2) is 0 Å². The Balaban J connectivity index is 2.46. The molecule has 0 spiro atoms. The van der Waals surface area contributed by atoms with E-state index in [0.29, 0.717) is 6.42 Å². The van der Waals surface area contributed by atoms with Crippen LogP contribution < -0.4 is 15.8 Å². The molecule has 0 aliphatic heterocycles. The number of nitrogens with one attached hydrogen (secondary N) is 2. The first-order chi connectivity index (χ1) is 9.62. The predicted molar refractivity (Wildman–Crippen MR) is 83.1 cm³/mol. The number of nitrogens with two attached hydrogens (primary N) is 1. The molecule has 4 N–H and O–H groups in total. The largest absolute Gasteiger partial charge is 0.398 e. The molecule has 0 radical (unpaired) electrons. The lowest BCUT2D eigenvalue weighted by molar-refractivity contribution is -0.122. The molecule has 1 amide bonds. The fourth-order valence-electron chi connectivity index (χ4n) is 1.73. The average Bonchev–Trinajstić information content (AvgIpc) is 2.33. The van der Waals surface area contributed by atoms with Crippen LogP contribution in [0.2, 0.25) is 0 Å². The topological polar surface area (TPSA) is 101 Å². The van der Waals surface area contributed by atoms with Crippen molar-refractivity contribution in [3.8, 4) is 0 Å². The molecule has 0 aliphatic carbocycles. The lowest BCUT2D eigenvalue weighted by atomic mass is 9.92. The molecule has 1 aromatic rings. The summed E-state index contributed by atoms with van der Waals surface area (Å²) < 4.78 is 26.5. The van der Waals surface area contributed by atoms with Crippen LogP contribution in [0.4, 0.5) is 5.69 Å². The maximum Gasteiger partial charge on any atom is 0.242 e. The number of benzene rings is 1. The molecule has 7 heteroatoms. The Morgan fingerprint density at radius 2 is 1.81 bits per heavy atom. The number of amides is 1. The van der Waals surface area contributed by atoms with Gasteiger partial charge in [-0.1, -0.05) is 32.9 Å². The summed E-state index contributed by atoms with van der Waals surface area (Å²) in [6.07, 6.45) is 0.394. The third kappa shape index (κ3) is 6.14. The number of hydrogen-bond donors (Lipinski definition) is 3. The van der Waals surface area contributed by atoms with E-state index in [2.05, 4.69) is 10.0 Å². The Morgan fingerprint density at radius 1 is 1.19 bits per heavy atom. The van der Waals surface area contributed by atoms with Crippen molar-refractivity contribution in [2.45, 2.75) is 32.1 Å². The lowest BCUT2D eigenvalue weighted by Gasteiger charge is -2.17. The normalized spacial score (nSPS) is 12.1. The number of carbonyl (C=O) groups excluding carboxylic acids is 1. The molecule has 6 nitrogen and oxygen atoms in total. The Bertz CT molecular complexity index is 592. The first-order valence-electron chi connectivity index (χ1n) is 6.73. The fraction of sp³-hybridized carbons (Fsp3) is 0.500. The van der Waals surface area contributed by atoms with Gasteiger partial charge in [-0.2, -0.15) is 0 Å². The summed E-state index contributed by atoms with van der Waals surface area (Å²) in [5.41, 5.74) is 5.74. The molecule has 1 aromatic carbocycles. The third-order valence-electron chi connectivity index (χ3n) is 2.64. The van der Waals surface area contributed by atoms with Gasteiger partial charge in [-0.15, -0.1) is 0 Å². The standard InChI is InChI=1S/C14H23N3O3S/c1-14(2,3)10-13(18)16-8-9-17-21(19,20)12-7-5-4-6-11(12)15/h4-7,17H,8-10,15H2,1-3H3,(H,16,18). The SMILES string of the molecule is CC(C)(C)CC(=O)NCCNS(=O)(=O)c1ccccc1N.